The van der Waals surface area contributed by atoms with Gasteiger partial charge >= 0.3 is 0 Å². The van der Waals surface area contributed by atoms with Crippen molar-refractivity contribution in [3.05, 3.63) is 23.8 Å². The quantitative estimate of drug-likeness (QED) is 0.578. The number of rotatable bonds is 7. The van der Waals surface area contributed by atoms with Crippen molar-refractivity contribution in [3.63, 3.8) is 0 Å². The van der Waals surface area contributed by atoms with Crippen LogP contribution in [0.3, 0.4) is 0 Å². The van der Waals surface area contributed by atoms with Crippen LogP contribution in [0.15, 0.2) is 18.2 Å². The zero-order valence-corrected chi connectivity index (χ0v) is 12.1. The molecular formula is C14H22N2O4. The van der Waals surface area contributed by atoms with Crippen molar-refractivity contribution in [1.29, 1.82) is 0 Å². The highest BCUT2D eigenvalue weighted by Gasteiger charge is 2.24. The fraction of sp³-hybridized carbons (Fsp3) is 0.500. The summed E-state index contributed by atoms with van der Waals surface area (Å²) in [6, 6.07) is 4.60. The number of methoxy groups -OCH3 is 2. The number of hydrogen-bond acceptors (Lipinski definition) is 5. The second kappa shape index (κ2) is 7.72. The molecule has 1 unspecified atom stereocenters. The van der Waals surface area contributed by atoms with Crippen molar-refractivity contribution in [2.75, 3.05) is 39.7 Å². The predicted octanol–water partition coefficient (Wildman–Crippen LogP) is 1.10. The van der Waals surface area contributed by atoms with Gasteiger partial charge in [-0.05, 0) is 19.1 Å². The Kier molecular flexibility index (Phi) is 6.27. The summed E-state index contributed by atoms with van der Waals surface area (Å²) < 4.78 is 10.1. The van der Waals surface area contributed by atoms with E-state index in [9.17, 15) is 9.90 Å². The fourth-order valence-corrected chi connectivity index (χ4v) is 1.93. The molecule has 0 saturated carbocycles. The minimum absolute atomic E-state index is 0.136. The van der Waals surface area contributed by atoms with Crippen LogP contribution in [0.5, 0.6) is 5.75 Å². The summed E-state index contributed by atoms with van der Waals surface area (Å²) in [7, 11) is 3.15. The average Bonchev–Trinajstić information content (AvgIpc) is 2.42. The van der Waals surface area contributed by atoms with Crippen LogP contribution >= 0.6 is 0 Å². The molecule has 0 aliphatic rings. The Balaban J connectivity index is 2.99. The van der Waals surface area contributed by atoms with Gasteiger partial charge in [-0.15, -0.1) is 0 Å². The molecule has 1 amide bonds. The zero-order chi connectivity index (χ0) is 15.1. The van der Waals surface area contributed by atoms with Crippen LogP contribution in [0.4, 0.5) is 5.69 Å². The van der Waals surface area contributed by atoms with Crippen molar-refractivity contribution in [2.45, 2.75) is 13.0 Å². The molecule has 0 aliphatic carbocycles. The highest BCUT2D eigenvalue weighted by atomic mass is 16.5. The van der Waals surface area contributed by atoms with Crippen LogP contribution in [0.25, 0.3) is 0 Å². The van der Waals surface area contributed by atoms with Gasteiger partial charge in [0.15, 0.2) is 5.75 Å². The van der Waals surface area contributed by atoms with E-state index in [4.69, 9.17) is 15.2 Å². The number of ether oxygens (including phenoxy) is 2. The molecule has 0 aliphatic heterocycles. The zero-order valence-electron chi connectivity index (χ0n) is 12.1. The van der Waals surface area contributed by atoms with Gasteiger partial charge in [-0.3, -0.25) is 4.79 Å². The monoisotopic (exact) mass is 282 g/mol. The van der Waals surface area contributed by atoms with Gasteiger partial charge < -0.3 is 25.2 Å². The van der Waals surface area contributed by atoms with Crippen molar-refractivity contribution in [3.8, 4) is 5.75 Å². The first-order valence-electron chi connectivity index (χ1n) is 6.39. The molecule has 0 radical (unpaired) electrons. The maximum atomic E-state index is 12.5. The van der Waals surface area contributed by atoms with Gasteiger partial charge in [0.05, 0.1) is 30.5 Å². The second-order valence-electron chi connectivity index (χ2n) is 4.54. The van der Waals surface area contributed by atoms with Crippen molar-refractivity contribution < 1.29 is 19.4 Å². The number of phenols is 1. The number of nitrogen functional groups attached to an aromatic ring is 1. The minimum Gasteiger partial charge on any atom is -0.505 e. The maximum Gasteiger partial charge on any atom is 0.258 e. The van der Waals surface area contributed by atoms with Crippen LogP contribution in [-0.4, -0.2) is 55.9 Å². The third-order valence-electron chi connectivity index (χ3n) is 3.03. The fourth-order valence-electron chi connectivity index (χ4n) is 1.93. The summed E-state index contributed by atoms with van der Waals surface area (Å²) in [6.07, 6.45) is 0. The van der Waals surface area contributed by atoms with E-state index in [1.54, 1.807) is 37.3 Å². The molecule has 0 aromatic heterocycles. The molecule has 0 fully saturated rings. The first-order chi connectivity index (χ1) is 9.52. The molecule has 0 heterocycles. The predicted molar refractivity (Wildman–Crippen MR) is 76.8 cm³/mol. The van der Waals surface area contributed by atoms with Gasteiger partial charge in [-0.2, -0.15) is 0 Å². The van der Waals surface area contributed by atoms with E-state index in [2.05, 4.69) is 0 Å². The molecular weight excluding hydrogens is 260 g/mol. The third-order valence-corrected chi connectivity index (χ3v) is 3.03. The standard InChI is InChI=1S/C14H22N2O4/c1-10(9-20-3)16(7-8-19-2)14(18)11-5-4-6-12(15)13(11)17/h4-6,10,17H,7-9,15H2,1-3H3. The summed E-state index contributed by atoms with van der Waals surface area (Å²) in [5.74, 6) is -0.485. The molecule has 3 N–H and O–H groups in total. The van der Waals surface area contributed by atoms with E-state index < -0.39 is 0 Å². The lowest BCUT2D eigenvalue weighted by Gasteiger charge is -2.29. The molecule has 6 heteroatoms. The molecule has 20 heavy (non-hydrogen) atoms. The number of aromatic hydroxyl groups is 1. The lowest BCUT2D eigenvalue weighted by Crippen LogP contribution is -2.43. The largest absolute Gasteiger partial charge is 0.505 e. The molecule has 0 saturated heterocycles. The number of nitrogens with two attached hydrogens (primary N) is 1. The minimum atomic E-state index is -0.295. The molecule has 0 bridgehead atoms. The van der Waals surface area contributed by atoms with Gasteiger partial charge in [-0.25, -0.2) is 0 Å². The van der Waals surface area contributed by atoms with E-state index in [1.807, 2.05) is 6.92 Å². The van der Waals surface area contributed by atoms with E-state index >= 15 is 0 Å². The van der Waals surface area contributed by atoms with Crippen molar-refractivity contribution in [2.24, 2.45) is 0 Å². The Morgan fingerprint density at radius 3 is 2.70 bits per heavy atom. The van der Waals surface area contributed by atoms with Gasteiger partial charge in [0, 0.05) is 20.8 Å². The Labute approximate surface area is 119 Å². The smallest absolute Gasteiger partial charge is 0.258 e. The summed E-state index contributed by atoms with van der Waals surface area (Å²) in [5, 5.41) is 9.92. The molecule has 1 aromatic rings. The number of nitrogens with zero attached hydrogens (tertiary/aromatic N) is 1. The van der Waals surface area contributed by atoms with Gasteiger partial charge in [0.2, 0.25) is 0 Å². The van der Waals surface area contributed by atoms with Gasteiger partial charge in [0.25, 0.3) is 5.91 Å². The number of phenolic OH excluding ortho intramolecular Hbond substituents is 1. The average molecular weight is 282 g/mol. The third kappa shape index (κ3) is 3.85. The second-order valence-corrected chi connectivity index (χ2v) is 4.54. The number of carbonyl (C=O) groups excluding carboxylic acids is 1. The summed E-state index contributed by atoms with van der Waals surface area (Å²) >= 11 is 0. The number of anilines is 1. The first kappa shape index (κ1) is 16.3. The normalized spacial score (nSPS) is 12.2. The van der Waals surface area contributed by atoms with Crippen LogP contribution in [0.2, 0.25) is 0 Å². The number of benzene rings is 1. The van der Waals surface area contributed by atoms with E-state index in [0.29, 0.717) is 19.8 Å². The van der Waals surface area contributed by atoms with E-state index in [0.717, 1.165) is 0 Å². The SMILES string of the molecule is COCCN(C(=O)c1cccc(N)c1O)C(C)COC. The maximum absolute atomic E-state index is 12.5. The Morgan fingerprint density at radius 2 is 2.10 bits per heavy atom. The van der Waals surface area contributed by atoms with Gasteiger partial charge in [0.1, 0.15) is 0 Å². The Bertz CT molecular complexity index is 451. The Morgan fingerprint density at radius 1 is 1.40 bits per heavy atom. The highest BCUT2D eigenvalue weighted by Crippen LogP contribution is 2.26. The molecule has 6 nitrogen and oxygen atoms in total. The van der Waals surface area contributed by atoms with E-state index in [1.165, 1.54) is 0 Å². The van der Waals surface area contributed by atoms with E-state index in [-0.39, 0.29) is 28.9 Å². The molecule has 1 atom stereocenters. The highest BCUT2D eigenvalue weighted by molar-refractivity contribution is 5.98. The molecule has 1 rings (SSSR count). The molecule has 112 valence electrons. The van der Waals surface area contributed by atoms with Crippen molar-refractivity contribution in [1.82, 2.24) is 4.90 Å². The van der Waals surface area contributed by atoms with Crippen LogP contribution < -0.4 is 5.73 Å². The Hall–Kier alpha value is -1.79. The number of para-hydroxylation sites is 1. The number of amides is 1. The summed E-state index contributed by atoms with van der Waals surface area (Å²) in [5.41, 5.74) is 5.99. The van der Waals surface area contributed by atoms with Crippen LogP contribution in [0.1, 0.15) is 17.3 Å². The summed E-state index contributed by atoms with van der Waals surface area (Å²) in [4.78, 5) is 14.1. The number of carbonyl (C=O) groups is 1. The molecule has 0 spiro atoms. The summed E-state index contributed by atoms with van der Waals surface area (Å²) in [6.45, 7) is 3.09. The topological polar surface area (TPSA) is 85.0 Å². The lowest BCUT2D eigenvalue weighted by molar-refractivity contribution is 0.0477. The molecule has 1 aromatic carbocycles. The van der Waals surface area contributed by atoms with Crippen LogP contribution in [0, 0.1) is 0 Å². The first-order valence-corrected chi connectivity index (χ1v) is 6.39. The van der Waals surface area contributed by atoms with Crippen LogP contribution in [-0.2, 0) is 9.47 Å². The number of hydrogen-bond donors (Lipinski definition) is 2. The van der Waals surface area contributed by atoms with Gasteiger partial charge in [-0.1, -0.05) is 6.07 Å². The van der Waals surface area contributed by atoms with Crippen molar-refractivity contribution >= 4 is 11.6 Å². The lowest BCUT2D eigenvalue weighted by atomic mass is 10.1.